The Hall–Kier alpha value is -2.97. The van der Waals surface area contributed by atoms with Gasteiger partial charge in [0.2, 0.25) is 0 Å². The number of rotatable bonds is 1. The molecular formula is C13H7F3N4O2. The molecule has 2 N–H and O–H groups in total. The molecule has 0 unspecified atom stereocenters. The van der Waals surface area contributed by atoms with E-state index in [2.05, 4.69) is 15.0 Å². The van der Waals surface area contributed by atoms with Gasteiger partial charge in [0.05, 0.1) is 28.4 Å². The molecule has 112 valence electrons. The molecule has 0 spiro atoms. The van der Waals surface area contributed by atoms with Crippen molar-refractivity contribution in [3.63, 3.8) is 0 Å². The summed E-state index contributed by atoms with van der Waals surface area (Å²) in [6.07, 6.45) is -0.949. The maximum atomic E-state index is 13.2. The van der Waals surface area contributed by atoms with E-state index in [1.54, 1.807) is 0 Å². The first-order chi connectivity index (χ1) is 10.4. The van der Waals surface area contributed by atoms with Crippen LogP contribution in [-0.4, -0.2) is 19.9 Å². The van der Waals surface area contributed by atoms with Crippen LogP contribution in [0.4, 0.5) is 13.2 Å². The van der Waals surface area contributed by atoms with Gasteiger partial charge in [-0.05, 0) is 12.1 Å². The van der Waals surface area contributed by atoms with E-state index in [4.69, 9.17) is 0 Å². The Kier molecular flexibility index (Phi) is 3.05. The number of fused-ring (bicyclic) bond motifs is 1. The third-order valence-corrected chi connectivity index (χ3v) is 3.02. The molecule has 2 heterocycles. The van der Waals surface area contributed by atoms with Crippen molar-refractivity contribution < 1.29 is 13.2 Å². The molecule has 0 fully saturated rings. The number of aromatic amines is 2. The minimum atomic E-state index is -4.68. The molecule has 0 saturated heterocycles. The van der Waals surface area contributed by atoms with E-state index in [1.165, 1.54) is 12.4 Å². The van der Waals surface area contributed by atoms with Gasteiger partial charge in [0.15, 0.2) is 0 Å². The number of nitrogens with one attached hydrogen (secondary N) is 2. The highest BCUT2D eigenvalue weighted by molar-refractivity contribution is 5.85. The predicted octanol–water partition coefficient (Wildman–Crippen LogP) is 1.69. The molecule has 3 aromatic rings. The van der Waals surface area contributed by atoms with Crippen molar-refractivity contribution in [1.29, 1.82) is 0 Å². The van der Waals surface area contributed by atoms with Crippen LogP contribution in [-0.2, 0) is 6.18 Å². The van der Waals surface area contributed by atoms with Crippen LogP contribution in [0.15, 0.2) is 40.3 Å². The maximum absolute atomic E-state index is 13.2. The summed E-state index contributed by atoms with van der Waals surface area (Å²) in [5, 5.41) is -0.0757. The van der Waals surface area contributed by atoms with Crippen molar-refractivity contribution in [2.45, 2.75) is 6.18 Å². The fourth-order valence-electron chi connectivity index (χ4n) is 2.10. The third kappa shape index (κ3) is 2.36. The van der Waals surface area contributed by atoms with Crippen LogP contribution < -0.4 is 11.2 Å². The molecule has 0 aliphatic heterocycles. The maximum Gasteiger partial charge on any atom is 0.417 e. The van der Waals surface area contributed by atoms with Gasteiger partial charge in [-0.3, -0.25) is 19.7 Å². The summed E-state index contributed by atoms with van der Waals surface area (Å²) in [6, 6.07) is 1.76. The number of H-pyrrole nitrogens is 2. The molecule has 3 rings (SSSR count). The Balaban J connectivity index is 2.44. The Morgan fingerprint density at radius 3 is 2.45 bits per heavy atom. The summed E-state index contributed by atoms with van der Waals surface area (Å²) in [4.78, 5) is 34.7. The lowest BCUT2D eigenvalue weighted by atomic mass is 10.0. The van der Waals surface area contributed by atoms with E-state index >= 15 is 0 Å². The van der Waals surface area contributed by atoms with Gasteiger partial charge in [-0.2, -0.15) is 13.2 Å². The number of benzene rings is 1. The summed E-state index contributed by atoms with van der Waals surface area (Å²) >= 11 is 0. The highest BCUT2D eigenvalue weighted by Crippen LogP contribution is 2.37. The molecule has 0 amide bonds. The van der Waals surface area contributed by atoms with Crippen LogP contribution in [0.3, 0.4) is 0 Å². The van der Waals surface area contributed by atoms with Gasteiger partial charge < -0.3 is 4.98 Å². The molecule has 2 aromatic heterocycles. The second-order valence-electron chi connectivity index (χ2n) is 4.44. The van der Waals surface area contributed by atoms with Gasteiger partial charge in [0.25, 0.3) is 5.56 Å². The summed E-state index contributed by atoms with van der Waals surface area (Å²) in [5.74, 6) is 0. The normalized spacial score (nSPS) is 11.8. The largest absolute Gasteiger partial charge is 0.417 e. The SMILES string of the molecule is O=c1[nH]c(=O)c2cc(-c3cnccn3)c(C(F)(F)F)cc2[nH]1. The van der Waals surface area contributed by atoms with E-state index < -0.39 is 23.0 Å². The molecule has 22 heavy (non-hydrogen) atoms. The number of hydrogen-bond donors (Lipinski definition) is 2. The van der Waals surface area contributed by atoms with Crippen molar-refractivity contribution >= 4 is 10.9 Å². The first kappa shape index (κ1) is 14.0. The first-order valence-corrected chi connectivity index (χ1v) is 6.00. The van der Waals surface area contributed by atoms with E-state index in [1.807, 2.05) is 4.98 Å². The predicted molar refractivity (Wildman–Crippen MR) is 71.2 cm³/mol. The van der Waals surface area contributed by atoms with E-state index in [9.17, 15) is 22.8 Å². The lowest BCUT2D eigenvalue weighted by Gasteiger charge is -2.13. The number of nitrogens with zero attached hydrogens (tertiary/aromatic N) is 2. The summed E-state index contributed by atoms with van der Waals surface area (Å²) in [7, 11) is 0. The van der Waals surface area contributed by atoms with Crippen LogP contribution in [0.25, 0.3) is 22.2 Å². The molecular weight excluding hydrogens is 301 g/mol. The summed E-state index contributed by atoms with van der Waals surface area (Å²) in [6.45, 7) is 0. The van der Waals surface area contributed by atoms with Gasteiger partial charge in [-0.25, -0.2) is 4.79 Å². The van der Waals surface area contributed by atoms with Gasteiger partial charge in [-0.15, -0.1) is 0 Å². The van der Waals surface area contributed by atoms with Crippen molar-refractivity contribution in [1.82, 2.24) is 19.9 Å². The summed E-state index contributed by atoms with van der Waals surface area (Å²) in [5.41, 5.74) is -3.18. The Morgan fingerprint density at radius 2 is 1.82 bits per heavy atom. The smallest absolute Gasteiger partial charge is 0.307 e. The zero-order chi connectivity index (χ0) is 15.9. The lowest BCUT2D eigenvalue weighted by molar-refractivity contribution is -0.137. The van der Waals surface area contributed by atoms with Gasteiger partial charge in [0, 0.05) is 18.0 Å². The number of aromatic nitrogens is 4. The van der Waals surface area contributed by atoms with Crippen LogP contribution in [0, 0.1) is 0 Å². The fourth-order valence-corrected chi connectivity index (χ4v) is 2.10. The molecule has 6 nitrogen and oxygen atoms in total. The molecule has 0 bridgehead atoms. The lowest BCUT2D eigenvalue weighted by Crippen LogP contribution is -2.22. The average molecular weight is 308 g/mol. The zero-order valence-corrected chi connectivity index (χ0v) is 10.7. The second-order valence-corrected chi connectivity index (χ2v) is 4.44. The van der Waals surface area contributed by atoms with E-state index in [0.29, 0.717) is 0 Å². The van der Waals surface area contributed by atoms with Crippen LogP contribution in [0.2, 0.25) is 0 Å². The minimum Gasteiger partial charge on any atom is -0.307 e. The van der Waals surface area contributed by atoms with Crippen LogP contribution in [0.1, 0.15) is 5.56 Å². The highest BCUT2D eigenvalue weighted by atomic mass is 19.4. The van der Waals surface area contributed by atoms with Crippen LogP contribution >= 0.6 is 0 Å². The molecule has 0 radical (unpaired) electrons. The van der Waals surface area contributed by atoms with Crippen molar-refractivity contribution in [2.24, 2.45) is 0 Å². The highest BCUT2D eigenvalue weighted by Gasteiger charge is 2.34. The van der Waals surface area contributed by atoms with Crippen molar-refractivity contribution in [3.05, 3.63) is 57.1 Å². The Morgan fingerprint density at radius 1 is 1.05 bits per heavy atom. The van der Waals surface area contributed by atoms with Gasteiger partial charge in [-0.1, -0.05) is 0 Å². The third-order valence-electron chi connectivity index (χ3n) is 3.02. The Labute approximate surface area is 119 Å². The molecule has 9 heteroatoms. The fraction of sp³-hybridized carbons (Fsp3) is 0.0769. The molecule has 0 aliphatic carbocycles. The molecule has 0 atom stereocenters. The van der Waals surface area contributed by atoms with Crippen molar-refractivity contribution in [2.75, 3.05) is 0 Å². The molecule has 1 aromatic carbocycles. The minimum absolute atomic E-state index is 0.0256. The molecule has 0 aliphatic rings. The number of hydrogen-bond acceptors (Lipinski definition) is 4. The topological polar surface area (TPSA) is 91.5 Å². The zero-order valence-electron chi connectivity index (χ0n) is 10.7. The van der Waals surface area contributed by atoms with Gasteiger partial charge >= 0.3 is 11.9 Å². The monoisotopic (exact) mass is 308 g/mol. The second kappa shape index (κ2) is 4.79. The van der Waals surface area contributed by atoms with E-state index in [-0.39, 0.29) is 22.2 Å². The van der Waals surface area contributed by atoms with Crippen molar-refractivity contribution in [3.8, 4) is 11.3 Å². The quantitative estimate of drug-likeness (QED) is 0.715. The Bertz CT molecular complexity index is 961. The standard InChI is InChI=1S/C13H7F3N4O2/c14-13(15,16)8-4-9-7(11(21)20-12(22)19-9)3-6(8)10-5-17-1-2-18-10/h1-5H,(H2,19,20,21,22). The van der Waals surface area contributed by atoms with E-state index in [0.717, 1.165) is 18.3 Å². The number of alkyl halides is 3. The summed E-state index contributed by atoms with van der Waals surface area (Å²) < 4.78 is 39.7. The number of halogens is 3. The molecule has 0 saturated carbocycles. The van der Waals surface area contributed by atoms with Gasteiger partial charge in [0.1, 0.15) is 0 Å². The average Bonchev–Trinajstić information content (AvgIpc) is 2.46. The van der Waals surface area contributed by atoms with Crippen LogP contribution in [0.5, 0.6) is 0 Å². The first-order valence-electron chi connectivity index (χ1n) is 6.00.